The molecule has 6 nitrogen and oxygen atoms in total. The molecular weight excluding hydrogens is 318 g/mol. The van der Waals surface area contributed by atoms with Gasteiger partial charge in [0.05, 0.1) is 30.9 Å². The van der Waals surface area contributed by atoms with Crippen LogP contribution in [0.15, 0.2) is 30.3 Å². The number of rotatable bonds is 4. The third-order valence-corrected chi connectivity index (χ3v) is 4.84. The molecule has 2 fully saturated rings. The summed E-state index contributed by atoms with van der Waals surface area (Å²) in [6, 6.07) is 9.70. The van der Waals surface area contributed by atoms with Crippen molar-refractivity contribution in [3.63, 3.8) is 0 Å². The molecule has 0 unspecified atom stereocenters. The first-order valence-corrected chi connectivity index (χ1v) is 8.90. The minimum atomic E-state index is 0.0501. The van der Waals surface area contributed by atoms with Gasteiger partial charge in [-0.2, -0.15) is 0 Å². The van der Waals surface area contributed by atoms with Crippen LogP contribution in [0.3, 0.4) is 0 Å². The molecule has 25 heavy (non-hydrogen) atoms. The number of nitrogens with one attached hydrogen (secondary N) is 1. The third-order valence-electron chi connectivity index (χ3n) is 4.84. The van der Waals surface area contributed by atoms with Gasteiger partial charge in [0.25, 0.3) is 5.91 Å². The van der Waals surface area contributed by atoms with Crippen molar-refractivity contribution < 1.29 is 14.3 Å². The van der Waals surface area contributed by atoms with E-state index in [2.05, 4.69) is 10.3 Å². The molecule has 0 aliphatic carbocycles. The minimum absolute atomic E-state index is 0.0501. The zero-order chi connectivity index (χ0) is 17.1. The Hall–Kier alpha value is -2.18. The highest BCUT2D eigenvalue weighted by atomic mass is 16.5. The van der Waals surface area contributed by atoms with Crippen molar-refractivity contribution in [3.05, 3.63) is 35.9 Å². The van der Waals surface area contributed by atoms with E-state index in [0.717, 1.165) is 42.9 Å². The van der Waals surface area contributed by atoms with Crippen molar-refractivity contribution in [1.29, 1.82) is 0 Å². The van der Waals surface area contributed by atoms with Gasteiger partial charge < -0.3 is 19.7 Å². The number of anilines is 1. The van der Waals surface area contributed by atoms with E-state index in [1.54, 1.807) is 0 Å². The van der Waals surface area contributed by atoms with Crippen LogP contribution in [-0.4, -0.2) is 61.9 Å². The molecule has 1 aromatic heterocycles. The second-order valence-corrected chi connectivity index (χ2v) is 6.59. The number of carbonyl (C=O) groups is 1. The van der Waals surface area contributed by atoms with E-state index in [0.29, 0.717) is 37.8 Å². The summed E-state index contributed by atoms with van der Waals surface area (Å²) in [5.74, 6) is 1.31. The van der Waals surface area contributed by atoms with Crippen molar-refractivity contribution >= 4 is 22.6 Å². The summed E-state index contributed by atoms with van der Waals surface area (Å²) in [6.45, 7) is 4.91. The fourth-order valence-electron chi connectivity index (χ4n) is 3.37. The van der Waals surface area contributed by atoms with E-state index in [9.17, 15) is 4.79 Å². The zero-order valence-electron chi connectivity index (χ0n) is 14.2. The van der Waals surface area contributed by atoms with Crippen LogP contribution in [0.25, 0.3) is 10.9 Å². The second kappa shape index (κ2) is 7.37. The number of nitrogens with zero attached hydrogens (tertiary/aromatic N) is 2. The molecule has 1 amide bonds. The largest absolute Gasteiger partial charge is 0.381 e. The number of ether oxygens (including phenoxy) is 2. The van der Waals surface area contributed by atoms with Crippen LogP contribution in [0.5, 0.6) is 0 Å². The number of para-hydroxylation sites is 1. The standard InChI is InChI=1S/C19H23N3O3/c23-19(22-6-9-24-10-7-22)16-11-18(20-12-14-5-8-25-13-14)21-17-4-2-1-3-15(16)17/h1-4,11,14H,5-10,12-13H2,(H,20,21)/t14-/m0/s1. The zero-order valence-corrected chi connectivity index (χ0v) is 14.2. The summed E-state index contributed by atoms with van der Waals surface area (Å²) in [5, 5.41) is 4.29. The molecular formula is C19H23N3O3. The molecule has 1 N–H and O–H groups in total. The number of hydrogen-bond acceptors (Lipinski definition) is 5. The molecule has 0 bridgehead atoms. The molecule has 132 valence electrons. The second-order valence-electron chi connectivity index (χ2n) is 6.59. The van der Waals surface area contributed by atoms with E-state index in [-0.39, 0.29) is 5.91 Å². The monoisotopic (exact) mass is 341 g/mol. The lowest BCUT2D eigenvalue weighted by molar-refractivity contribution is 0.0304. The summed E-state index contributed by atoms with van der Waals surface area (Å²) in [5.41, 5.74) is 1.55. The Morgan fingerprint density at radius 3 is 2.84 bits per heavy atom. The normalized spacial score (nSPS) is 20.8. The maximum Gasteiger partial charge on any atom is 0.254 e. The molecule has 3 heterocycles. The lowest BCUT2D eigenvalue weighted by Crippen LogP contribution is -2.40. The van der Waals surface area contributed by atoms with E-state index in [1.165, 1.54) is 0 Å². The summed E-state index contributed by atoms with van der Waals surface area (Å²) < 4.78 is 10.8. The molecule has 1 atom stereocenters. The van der Waals surface area contributed by atoms with Gasteiger partial charge in [-0.05, 0) is 18.6 Å². The number of morpholine rings is 1. The van der Waals surface area contributed by atoms with Gasteiger partial charge >= 0.3 is 0 Å². The van der Waals surface area contributed by atoms with E-state index in [4.69, 9.17) is 9.47 Å². The summed E-state index contributed by atoms with van der Waals surface area (Å²) in [7, 11) is 0. The van der Waals surface area contributed by atoms with Crippen molar-refractivity contribution in [2.75, 3.05) is 51.4 Å². The maximum absolute atomic E-state index is 13.0. The number of pyridine rings is 1. The highest BCUT2D eigenvalue weighted by Gasteiger charge is 2.22. The van der Waals surface area contributed by atoms with Gasteiger partial charge in [0.2, 0.25) is 0 Å². The Morgan fingerprint density at radius 2 is 2.04 bits per heavy atom. The van der Waals surface area contributed by atoms with Gasteiger partial charge in [-0.25, -0.2) is 4.98 Å². The number of benzene rings is 1. The lowest BCUT2D eigenvalue weighted by atomic mass is 10.1. The van der Waals surface area contributed by atoms with Gasteiger partial charge in [0.15, 0.2) is 0 Å². The topological polar surface area (TPSA) is 63.7 Å². The number of hydrogen-bond donors (Lipinski definition) is 1. The highest BCUT2D eigenvalue weighted by molar-refractivity contribution is 6.07. The van der Waals surface area contributed by atoms with E-state index >= 15 is 0 Å². The molecule has 0 radical (unpaired) electrons. The third kappa shape index (κ3) is 3.60. The molecule has 0 spiro atoms. The first-order chi connectivity index (χ1) is 12.3. The number of amides is 1. The van der Waals surface area contributed by atoms with Crippen LogP contribution in [0.2, 0.25) is 0 Å². The van der Waals surface area contributed by atoms with Crippen molar-refractivity contribution in [2.24, 2.45) is 5.92 Å². The molecule has 0 saturated carbocycles. The average Bonchev–Trinajstić information content (AvgIpc) is 3.19. The first kappa shape index (κ1) is 16.3. The molecule has 1 aromatic carbocycles. The molecule has 2 aliphatic heterocycles. The summed E-state index contributed by atoms with van der Waals surface area (Å²) >= 11 is 0. The fourth-order valence-corrected chi connectivity index (χ4v) is 3.37. The summed E-state index contributed by atoms with van der Waals surface area (Å²) in [4.78, 5) is 19.6. The fraction of sp³-hybridized carbons (Fsp3) is 0.474. The highest BCUT2D eigenvalue weighted by Crippen LogP contribution is 2.23. The molecule has 2 aliphatic rings. The van der Waals surface area contributed by atoms with E-state index < -0.39 is 0 Å². The van der Waals surface area contributed by atoms with Crippen LogP contribution in [0, 0.1) is 5.92 Å². The predicted octanol–water partition coefficient (Wildman–Crippen LogP) is 2.16. The van der Waals surface area contributed by atoms with Crippen LogP contribution in [0.1, 0.15) is 16.8 Å². The molecule has 6 heteroatoms. The molecule has 2 aromatic rings. The number of fused-ring (bicyclic) bond motifs is 1. The minimum Gasteiger partial charge on any atom is -0.381 e. The smallest absolute Gasteiger partial charge is 0.254 e. The molecule has 4 rings (SSSR count). The molecule has 2 saturated heterocycles. The summed E-state index contributed by atoms with van der Waals surface area (Å²) in [6.07, 6.45) is 1.07. The van der Waals surface area contributed by atoms with Crippen LogP contribution in [0.4, 0.5) is 5.82 Å². The van der Waals surface area contributed by atoms with Crippen LogP contribution < -0.4 is 5.32 Å². The van der Waals surface area contributed by atoms with Crippen molar-refractivity contribution in [2.45, 2.75) is 6.42 Å². The van der Waals surface area contributed by atoms with Gasteiger partial charge in [-0.15, -0.1) is 0 Å². The lowest BCUT2D eigenvalue weighted by Gasteiger charge is -2.27. The predicted molar refractivity (Wildman–Crippen MR) is 95.9 cm³/mol. The first-order valence-electron chi connectivity index (χ1n) is 8.90. The van der Waals surface area contributed by atoms with Gasteiger partial charge in [0.1, 0.15) is 5.82 Å². The number of aromatic nitrogens is 1. The van der Waals surface area contributed by atoms with Gasteiger partial charge in [0, 0.05) is 37.5 Å². The quantitative estimate of drug-likeness (QED) is 0.923. The Labute approximate surface area is 147 Å². The Morgan fingerprint density at radius 1 is 1.20 bits per heavy atom. The Balaban J connectivity index is 1.62. The van der Waals surface area contributed by atoms with Crippen molar-refractivity contribution in [1.82, 2.24) is 9.88 Å². The average molecular weight is 341 g/mol. The number of carbonyl (C=O) groups excluding carboxylic acids is 1. The van der Waals surface area contributed by atoms with Crippen molar-refractivity contribution in [3.8, 4) is 0 Å². The Bertz CT molecular complexity index is 753. The van der Waals surface area contributed by atoms with Gasteiger partial charge in [-0.1, -0.05) is 18.2 Å². The maximum atomic E-state index is 13.0. The SMILES string of the molecule is O=C(c1cc(NC[C@@H]2CCOC2)nc2ccccc12)N1CCOCC1. The van der Waals surface area contributed by atoms with Gasteiger partial charge in [-0.3, -0.25) is 4.79 Å². The Kier molecular flexibility index (Phi) is 4.81. The van der Waals surface area contributed by atoms with E-state index in [1.807, 2.05) is 35.2 Å². The van der Waals surface area contributed by atoms with Crippen LogP contribution in [-0.2, 0) is 9.47 Å². The van der Waals surface area contributed by atoms with Crippen LogP contribution >= 0.6 is 0 Å².